The maximum atomic E-state index is 13.2. The van der Waals surface area contributed by atoms with Crippen LogP contribution >= 0.6 is 23.2 Å². The molecule has 3 aromatic rings. The number of aromatic nitrogens is 1. The van der Waals surface area contributed by atoms with Gasteiger partial charge < -0.3 is 23.1 Å². The summed E-state index contributed by atoms with van der Waals surface area (Å²) in [6.45, 7) is 0. The maximum Gasteiger partial charge on any atom is 0.217 e. The first-order chi connectivity index (χ1) is 18.3. The summed E-state index contributed by atoms with van der Waals surface area (Å²) in [6.07, 6.45) is 10.9. The van der Waals surface area contributed by atoms with Crippen LogP contribution < -0.4 is 9.88 Å². The molecule has 0 spiro atoms. The fourth-order valence-electron chi connectivity index (χ4n) is 8.76. The summed E-state index contributed by atoms with van der Waals surface area (Å²) < 4.78 is 2.11. The van der Waals surface area contributed by atoms with E-state index in [1.54, 1.807) is 6.07 Å². The van der Waals surface area contributed by atoms with Crippen LogP contribution in [0.2, 0.25) is 10.0 Å². The Kier molecular flexibility index (Phi) is 5.73. The quantitative estimate of drug-likeness (QED) is 0.281. The number of fused-ring (bicyclic) bond motifs is 1. The molecule has 4 aliphatic carbocycles. The number of hydrogen-bond donors (Lipinski definition) is 2. The first-order valence-electron chi connectivity index (χ1n) is 13.5. The second-order valence-electron chi connectivity index (χ2n) is 12.1. The monoisotopic (exact) mass is 561 g/mol. The van der Waals surface area contributed by atoms with Crippen molar-refractivity contribution in [3.63, 3.8) is 0 Å². The van der Waals surface area contributed by atoms with Crippen molar-refractivity contribution in [2.45, 2.75) is 56.2 Å². The smallest absolute Gasteiger partial charge is 0.217 e. The highest BCUT2D eigenvalue weighted by Crippen LogP contribution is 2.66. The van der Waals surface area contributed by atoms with E-state index in [-0.39, 0.29) is 5.41 Å². The summed E-state index contributed by atoms with van der Waals surface area (Å²) in [6, 6.07) is 17.7. The van der Waals surface area contributed by atoms with Crippen LogP contribution in [0.15, 0.2) is 71.5 Å². The number of nitriles is 1. The normalized spacial score (nSPS) is 35.8. The van der Waals surface area contributed by atoms with Gasteiger partial charge in [0, 0.05) is 22.4 Å². The van der Waals surface area contributed by atoms with E-state index in [0.717, 1.165) is 35.6 Å². The van der Waals surface area contributed by atoms with Crippen LogP contribution in [0.1, 0.15) is 56.0 Å². The predicted octanol–water partition coefficient (Wildman–Crippen LogP) is 6.55. The van der Waals surface area contributed by atoms with E-state index >= 15 is 0 Å². The Balaban J connectivity index is 1.48. The molecule has 1 aliphatic heterocycles. The van der Waals surface area contributed by atoms with E-state index in [2.05, 4.69) is 40.3 Å². The van der Waals surface area contributed by atoms with E-state index in [1.807, 2.05) is 30.5 Å². The van der Waals surface area contributed by atoms with E-state index in [4.69, 9.17) is 35.8 Å². The molecule has 0 radical (unpaired) electrons. The van der Waals surface area contributed by atoms with Crippen molar-refractivity contribution < 1.29 is 9.67 Å². The number of hydrogen-bond acceptors (Lipinski definition) is 4. The van der Waals surface area contributed by atoms with Crippen LogP contribution in [-0.4, -0.2) is 10.8 Å². The van der Waals surface area contributed by atoms with Crippen molar-refractivity contribution in [3.8, 4) is 6.07 Å². The highest BCUT2D eigenvalue weighted by Gasteiger charge is 2.68. The number of nitrogens with one attached hydrogen (secondary N) is 1. The average molecular weight is 563 g/mol. The van der Waals surface area contributed by atoms with E-state index < -0.39 is 17.7 Å². The molecule has 194 valence electrons. The number of nitrogens with zero attached hydrogens (tertiary/aromatic N) is 2. The zero-order valence-electron chi connectivity index (χ0n) is 20.9. The van der Waals surface area contributed by atoms with E-state index in [0.29, 0.717) is 38.4 Å². The number of aliphatic hydroxyl groups is 1. The standard InChI is InChI=1S/C31H29Cl2N3OS/c32-25-6-5-22(12-26(25)33)27-24(16-34)29(38)35-31(37,30-13-18-9-19(14-30)11-20(10-18)15-30)28(27)36-8-7-21-3-1-2-4-23(21)17-36/h1-8,12,17-20,27-28,35,37H,9-11,13-15H2. The molecule has 7 heteroatoms. The molecule has 38 heavy (non-hydrogen) atoms. The third kappa shape index (κ3) is 3.61. The topological polar surface area (TPSA) is 59.9 Å². The molecule has 4 fully saturated rings. The van der Waals surface area contributed by atoms with Crippen molar-refractivity contribution in [1.82, 2.24) is 5.32 Å². The fourth-order valence-corrected chi connectivity index (χ4v) is 9.40. The number of halogens is 2. The Morgan fingerprint density at radius 3 is 2.24 bits per heavy atom. The lowest BCUT2D eigenvalue weighted by molar-refractivity contribution is -0.744. The van der Waals surface area contributed by atoms with Crippen molar-refractivity contribution >= 4 is 46.6 Å². The van der Waals surface area contributed by atoms with Crippen LogP contribution in [0.3, 0.4) is 0 Å². The van der Waals surface area contributed by atoms with Crippen LogP contribution in [0.25, 0.3) is 10.8 Å². The van der Waals surface area contributed by atoms with Gasteiger partial charge in [-0.05, 0) is 85.4 Å². The summed E-state index contributed by atoms with van der Waals surface area (Å²) in [7, 11) is 0. The number of rotatable bonds is 3. The van der Waals surface area contributed by atoms with Gasteiger partial charge in [0.05, 0.1) is 22.0 Å². The Bertz CT molecular complexity index is 1500. The molecular weight excluding hydrogens is 533 g/mol. The molecule has 1 aromatic heterocycles. The molecule has 3 atom stereocenters. The Hall–Kier alpha value is -2.36. The zero-order valence-corrected chi connectivity index (χ0v) is 23.2. The SMILES string of the molecule is N#CC1=C([S-])NC(O)(C23CC4CC(CC(C4)C2)C3)C([n+]2ccc3ccccc3c2)C1c1ccc(Cl)c(Cl)c1. The highest BCUT2D eigenvalue weighted by molar-refractivity contribution is 7.63. The first-order valence-corrected chi connectivity index (χ1v) is 14.6. The summed E-state index contributed by atoms with van der Waals surface area (Å²) in [5.41, 5.74) is -0.401. The van der Waals surface area contributed by atoms with Gasteiger partial charge in [-0.2, -0.15) is 9.83 Å². The lowest BCUT2D eigenvalue weighted by Gasteiger charge is -2.64. The minimum absolute atomic E-state index is 0.329. The fraction of sp³-hybridized carbons (Fsp3) is 0.419. The maximum absolute atomic E-state index is 13.2. The van der Waals surface area contributed by atoms with Crippen LogP contribution in [0, 0.1) is 34.5 Å². The minimum atomic E-state index is -1.34. The summed E-state index contributed by atoms with van der Waals surface area (Å²) >= 11 is 18.7. The minimum Gasteiger partial charge on any atom is -0.762 e. The van der Waals surface area contributed by atoms with Crippen molar-refractivity contribution in [2.75, 3.05) is 0 Å². The molecule has 2 aromatic carbocycles. The van der Waals surface area contributed by atoms with Gasteiger partial charge in [0.2, 0.25) is 11.8 Å². The van der Waals surface area contributed by atoms with Gasteiger partial charge >= 0.3 is 0 Å². The van der Waals surface area contributed by atoms with Crippen LogP contribution in [0.4, 0.5) is 0 Å². The van der Waals surface area contributed by atoms with Gasteiger partial charge in [-0.25, -0.2) is 0 Å². The number of pyridine rings is 1. The first kappa shape index (κ1) is 24.7. The largest absolute Gasteiger partial charge is 0.762 e. The predicted molar refractivity (Wildman–Crippen MR) is 151 cm³/mol. The lowest BCUT2D eigenvalue weighted by atomic mass is 9.45. The van der Waals surface area contributed by atoms with Crippen LogP contribution in [-0.2, 0) is 12.6 Å². The summed E-state index contributed by atoms with van der Waals surface area (Å²) in [4.78, 5) is 0. The molecular formula is C31H29Cl2N3OS. The summed E-state index contributed by atoms with van der Waals surface area (Å²) in [5.74, 6) is 1.40. The summed E-state index contributed by atoms with van der Waals surface area (Å²) in [5, 5.41) is 30.4. The molecule has 2 N–H and O–H groups in total. The zero-order chi connectivity index (χ0) is 26.2. The van der Waals surface area contributed by atoms with E-state index in [9.17, 15) is 10.4 Å². The van der Waals surface area contributed by atoms with Crippen molar-refractivity contribution in [3.05, 3.63) is 87.1 Å². The van der Waals surface area contributed by atoms with Gasteiger partial charge in [-0.15, -0.1) is 0 Å². The number of allylic oxidation sites excluding steroid dienone is 1. The van der Waals surface area contributed by atoms with Gasteiger partial charge in [0.25, 0.3) is 0 Å². The number of benzene rings is 2. The van der Waals surface area contributed by atoms with Crippen molar-refractivity contribution in [2.24, 2.45) is 23.2 Å². The molecule has 0 saturated heterocycles. The third-order valence-electron chi connectivity index (χ3n) is 9.91. The second-order valence-corrected chi connectivity index (χ2v) is 13.3. The lowest BCUT2D eigenvalue weighted by Crippen LogP contribution is -2.73. The molecule has 4 bridgehead atoms. The molecule has 4 nitrogen and oxygen atoms in total. The molecule has 3 unspecified atom stereocenters. The molecule has 2 heterocycles. The van der Waals surface area contributed by atoms with Crippen LogP contribution in [0.5, 0.6) is 0 Å². The van der Waals surface area contributed by atoms with E-state index in [1.165, 1.54) is 19.3 Å². The second kappa shape index (κ2) is 8.83. The average Bonchev–Trinajstić information content (AvgIpc) is 2.89. The van der Waals surface area contributed by atoms with Crippen molar-refractivity contribution in [1.29, 1.82) is 5.26 Å². The Morgan fingerprint density at radius 1 is 0.947 bits per heavy atom. The Labute approximate surface area is 238 Å². The highest BCUT2D eigenvalue weighted by atomic mass is 35.5. The van der Waals surface area contributed by atoms with Gasteiger partial charge in [-0.1, -0.05) is 52.5 Å². The molecule has 5 aliphatic rings. The Morgan fingerprint density at radius 2 is 1.61 bits per heavy atom. The third-order valence-corrected chi connectivity index (χ3v) is 11.0. The van der Waals surface area contributed by atoms with Gasteiger partial charge in [-0.3, -0.25) is 0 Å². The molecule has 0 amide bonds. The molecule has 8 rings (SSSR count). The van der Waals surface area contributed by atoms with Gasteiger partial charge in [0.15, 0.2) is 12.4 Å². The molecule has 4 saturated carbocycles. The van der Waals surface area contributed by atoms with Gasteiger partial charge in [0.1, 0.15) is 0 Å².